The predicted octanol–water partition coefficient (Wildman–Crippen LogP) is 2.58. The van der Waals surface area contributed by atoms with Gasteiger partial charge in [-0.25, -0.2) is 23.4 Å². The van der Waals surface area contributed by atoms with E-state index < -0.39 is 21.9 Å². The predicted molar refractivity (Wildman–Crippen MR) is 138 cm³/mol. The van der Waals surface area contributed by atoms with E-state index in [4.69, 9.17) is 18.9 Å². The van der Waals surface area contributed by atoms with Gasteiger partial charge in [-0.2, -0.15) is 0 Å². The monoisotopic (exact) mass is 541 g/mol. The lowest BCUT2D eigenvalue weighted by atomic mass is 10.2. The Morgan fingerprint density at radius 3 is 2.18 bits per heavy atom. The summed E-state index contributed by atoms with van der Waals surface area (Å²) in [6.45, 7) is 1.83. The SMILES string of the molecule is COc1cccc(-c2nnc(NS(=O)(=O)CC(OC)c3ncc(C)cn3)n2-c2c(OC)cccc2OC)n1. The number of ether oxygens (including phenoxy) is 4. The summed E-state index contributed by atoms with van der Waals surface area (Å²) in [5.41, 5.74) is 1.57. The molecule has 0 radical (unpaired) electrons. The van der Waals surface area contributed by atoms with Crippen molar-refractivity contribution in [1.29, 1.82) is 0 Å². The highest BCUT2D eigenvalue weighted by molar-refractivity contribution is 7.92. The Hall–Kier alpha value is -4.30. The Kier molecular flexibility index (Phi) is 8.02. The third-order valence-electron chi connectivity index (χ3n) is 5.44. The first-order valence-electron chi connectivity index (χ1n) is 11.3. The number of nitrogens with one attached hydrogen (secondary N) is 1. The molecule has 3 heterocycles. The molecule has 0 fully saturated rings. The molecule has 38 heavy (non-hydrogen) atoms. The van der Waals surface area contributed by atoms with Gasteiger partial charge in [0.15, 0.2) is 11.6 Å². The highest BCUT2D eigenvalue weighted by atomic mass is 32.2. The van der Waals surface area contributed by atoms with Crippen molar-refractivity contribution in [3.8, 4) is 34.6 Å². The molecular weight excluding hydrogens is 514 g/mol. The van der Waals surface area contributed by atoms with Crippen molar-refractivity contribution in [2.45, 2.75) is 13.0 Å². The Balaban J connectivity index is 1.81. The van der Waals surface area contributed by atoms with Gasteiger partial charge in [-0.3, -0.25) is 9.29 Å². The second kappa shape index (κ2) is 11.4. The van der Waals surface area contributed by atoms with E-state index in [0.717, 1.165) is 5.56 Å². The molecule has 0 aliphatic rings. The van der Waals surface area contributed by atoms with Crippen molar-refractivity contribution in [1.82, 2.24) is 29.7 Å². The molecule has 14 heteroatoms. The van der Waals surface area contributed by atoms with Crippen LogP contribution in [0.25, 0.3) is 17.2 Å². The maximum atomic E-state index is 13.3. The number of sulfonamides is 1. The standard InChI is InChI=1S/C24H27N7O6S/c1-15-12-25-22(26-13-15)19(36-4)14-38(32,33)30-24-29-28-23(16-8-6-11-20(27-16)37-5)31(24)21-17(34-2)9-7-10-18(21)35-3/h6-13,19H,14H2,1-5H3,(H,29,30). The maximum absolute atomic E-state index is 13.3. The molecule has 0 aliphatic carbocycles. The number of aryl methyl sites for hydroxylation is 1. The zero-order valence-corrected chi connectivity index (χ0v) is 22.3. The van der Waals surface area contributed by atoms with E-state index in [-0.39, 0.29) is 17.6 Å². The van der Waals surface area contributed by atoms with Crippen LogP contribution in [0.2, 0.25) is 0 Å². The van der Waals surface area contributed by atoms with Gasteiger partial charge in [0, 0.05) is 25.6 Å². The van der Waals surface area contributed by atoms with E-state index in [0.29, 0.717) is 28.8 Å². The molecule has 1 unspecified atom stereocenters. The van der Waals surface area contributed by atoms with E-state index in [9.17, 15) is 8.42 Å². The van der Waals surface area contributed by atoms with Crippen LogP contribution in [0, 0.1) is 6.92 Å². The van der Waals surface area contributed by atoms with Gasteiger partial charge in [0.25, 0.3) is 0 Å². The average Bonchev–Trinajstić information content (AvgIpc) is 3.33. The number of hydrogen-bond acceptors (Lipinski definition) is 11. The lowest BCUT2D eigenvalue weighted by molar-refractivity contribution is 0.114. The Labute approximate surface area is 219 Å². The number of aromatic nitrogens is 6. The van der Waals surface area contributed by atoms with Gasteiger partial charge in [-0.05, 0) is 30.7 Å². The average molecular weight is 542 g/mol. The van der Waals surface area contributed by atoms with Crippen LogP contribution in [0.4, 0.5) is 5.95 Å². The van der Waals surface area contributed by atoms with Crippen LogP contribution in [0.5, 0.6) is 17.4 Å². The van der Waals surface area contributed by atoms with Crippen molar-refractivity contribution in [2.24, 2.45) is 0 Å². The van der Waals surface area contributed by atoms with Gasteiger partial charge >= 0.3 is 0 Å². The van der Waals surface area contributed by atoms with Crippen molar-refractivity contribution < 1.29 is 27.4 Å². The van der Waals surface area contributed by atoms with Crippen LogP contribution in [-0.4, -0.2) is 72.3 Å². The molecule has 0 saturated carbocycles. The summed E-state index contributed by atoms with van der Waals surface area (Å²) in [5, 5.41) is 8.38. The maximum Gasteiger partial charge on any atom is 0.243 e. The van der Waals surface area contributed by atoms with Gasteiger partial charge in [0.05, 0.1) is 21.3 Å². The zero-order valence-electron chi connectivity index (χ0n) is 21.4. The largest absolute Gasteiger partial charge is 0.494 e. The summed E-state index contributed by atoms with van der Waals surface area (Å²) in [4.78, 5) is 12.8. The molecule has 0 amide bonds. The van der Waals surface area contributed by atoms with Gasteiger partial charge < -0.3 is 18.9 Å². The molecule has 0 spiro atoms. The number of methoxy groups -OCH3 is 4. The van der Waals surface area contributed by atoms with Gasteiger partial charge in [0.2, 0.25) is 21.9 Å². The van der Waals surface area contributed by atoms with Crippen molar-refractivity contribution >= 4 is 16.0 Å². The molecule has 1 aromatic carbocycles. The smallest absolute Gasteiger partial charge is 0.243 e. The third-order valence-corrected chi connectivity index (χ3v) is 6.68. The number of benzene rings is 1. The number of rotatable bonds is 11. The Morgan fingerprint density at radius 2 is 1.58 bits per heavy atom. The van der Waals surface area contributed by atoms with E-state index in [1.54, 1.807) is 48.8 Å². The zero-order chi connectivity index (χ0) is 27.3. The minimum Gasteiger partial charge on any atom is -0.494 e. The number of para-hydroxylation sites is 1. The second-order valence-electron chi connectivity index (χ2n) is 7.99. The highest BCUT2D eigenvalue weighted by Crippen LogP contribution is 2.37. The molecular formula is C24H27N7O6S. The number of hydrogen-bond donors (Lipinski definition) is 1. The quantitative estimate of drug-likeness (QED) is 0.298. The van der Waals surface area contributed by atoms with Crippen LogP contribution in [0.15, 0.2) is 48.8 Å². The summed E-state index contributed by atoms with van der Waals surface area (Å²) in [6, 6.07) is 10.2. The fourth-order valence-electron chi connectivity index (χ4n) is 3.63. The van der Waals surface area contributed by atoms with E-state index in [1.165, 1.54) is 33.0 Å². The topological polar surface area (TPSA) is 152 Å². The molecule has 4 rings (SSSR count). The first-order valence-corrected chi connectivity index (χ1v) is 13.0. The normalized spacial score (nSPS) is 12.1. The number of pyridine rings is 1. The van der Waals surface area contributed by atoms with Crippen molar-refractivity contribution in [3.63, 3.8) is 0 Å². The molecule has 0 bridgehead atoms. The molecule has 3 aromatic heterocycles. The summed E-state index contributed by atoms with van der Waals surface area (Å²) < 4.78 is 52.4. The van der Waals surface area contributed by atoms with Gasteiger partial charge in [0.1, 0.15) is 34.7 Å². The Bertz CT molecular complexity index is 1490. The molecule has 4 aromatic rings. The third kappa shape index (κ3) is 5.65. The van der Waals surface area contributed by atoms with Crippen molar-refractivity contribution in [2.75, 3.05) is 38.9 Å². The summed E-state index contributed by atoms with van der Waals surface area (Å²) in [6.07, 6.45) is 2.25. The molecule has 0 saturated heterocycles. The van der Waals surface area contributed by atoms with Crippen molar-refractivity contribution in [3.05, 3.63) is 60.2 Å². The summed E-state index contributed by atoms with van der Waals surface area (Å²) in [7, 11) is 1.79. The second-order valence-corrected chi connectivity index (χ2v) is 9.75. The summed E-state index contributed by atoms with van der Waals surface area (Å²) in [5.74, 6) is 0.967. The molecule has 1 N–H and O–H groups in total. The number of anilines is 1. The fraction of sp³-hybridized carbons (Fsp3) is 0.292. The number of nitrogens with zero attached hydrogens (tertiary/aromatic N) is 6. The first-order chi connectivity index (χ1) is 18.3. The fourth-order valence-corrected chi connectivity index (χ4v) is 4.81. The Morgan fingerprint density at radius 1 is 0.921 bits per heavy atom. The molecule has 13 nitrogen and oxygen atoms in total. The van der Waals surface area contributed by atoms with Crippen LogP contribution >= 0.6 is 0 Å². The molecule has 0 aliphatic heterocycles. The van der Waals surface area contributed by atoms with Crippen LogP contribution in [-0.2, 0) is 14.8 Å². The van der Waals surface area contributed by atoms with E-state index in [2.05, 4.69) is 29.9 Å². The van der Waals surface area contributed by atoms with Crippen LogP contribution in [0.3, 0.4) is 0 Å². The highest BCUT2D eigenvalue weighted by Gasteiger charge is 2.28. The van der Waals surface area contributed by atoms with Crippen LogP contribution < -0.4 is 18.9 Å². The molecule has 1 atom stereocenters. The van der Waals surface area contributed by atoms with E-state index >= 15 is 0 Å². The van der Waals surface area contributed by atoms with Crippen LogP contribution in [0.1, 0.15) is 17.5 Å². The lowest BCUT2D eigenvalue weighted by Gasteiger charge is -2.18. The lowest BCUT2D eigenvalue weighted by Crippen LogP contribution is -2.25. The van der Waals surface area contributed by atoms with Gasteiger partial charge in [-0.1, -0.05) is 12.1 Å². The first kappa shape index (κ1) is 26.8. The van der Waals surface area contributed by atoms with E-state index in [1.807, 2.05) is 6.92 Å². The minimum absolute atomic E-state index is 0.118. The minimum atomic E-state index is -4.06. The van der Waals surface area contributed by atoms with Gasteiger partial charge in [-0.15, -0.1) is 10.2 Å². The molecule has 200 valence electrons. The summed E-state index contributed by atoms with van der Waals surface area (Å²) >= 11 is 0.